The van der Waals surface area contributed by atoms with Crippen LogP contribution in [0.3, 0.4) is 0 Å². The van der Waals surface area contributed by atoms with E-state index in [1.165, 1.54) is 11.1 Å². The van der Waals surface area contributed by atoms with Gasteiger partial charge in [-0.1, -0.05) is 24.3 Å². The molecule has 22 heavy (non-hydrogen) atoms. The van der Waals surface area contributed by atoms with Crippen molar-refractivity contribution in [3.63, 3.8) is 0 Å². The first-order chi connectivity index (χ1) is 10.8. The van der Waals surface area contributed by atoms with Crippen molar-refractivity contribution < 1.29 is 9.59 Å². The number of carbonyl (C=O) groups is 2. The molecule has 0 aliphatic carbocycles. The summed E-state index contributed by atoms with van der Waals surface area (Å²) in [7, 11) is 0. The van der Waals surface area contributed by atoms with Gasteiger partial charge >= 0.3 is 0 Å². The molecular weight excluding hydrogens is 278 g/mol. The Morgan fingerprint density at radius 2 is 1.77 bits per heavy atom. The Labute approximate surface area is 131 Å². The Hall–Kier alpha value is -1.88. The first kappa shape index (κ1) is 15.0. The van der Waals surface area contributed by atoms with E-state index in [2.05, 4.69) is 23.1 Å². The summed E-state index contributed by atoms with van der Waals surface area (Å²) < 4.78 is 0. The van der Waals surface area contributed by atoms with E-state index in [0.717, 1.165) is 58.6 Å². The molecule has 0 unspecified atom stereocenters. The lowest BCUT2D eigenvalue weighted by molar-refractivity contribution is -0.132. The van der Waals surface area contributed by atoms with E-state index >= 15 is 0 Å². The molecule has 0 aromatic heterocycles. The highest BCUT2D eigenvalue weighted by molar-refractivity contribution is 5.76. The summed E-state index contributed by atoms with van der Waals surface area (Å²) in [5.74, 6) is 0.243. The van der Waals surface area contributed by atoms with Gasteiger partial charge in [0.15, 0.2) is 0 Å². The van der Waals surface area contributed by atoms with E-state index < -0.39 is 0 Å². The molecule has 0 N–H and O–H groups in total. The van der Waals surface area contributed by atoms with Crippen molar-refractivity contribution in [1.82, 2.24) is 14.7 Å². The average molecular weight is 301 g/mol. The summed E-state index contributed by atoms with van der Waals surface area (Å²) in [5.41, 5.74) is 2.65. The van der Waals surface area contributed by atoms with Gasteiger partial charge in [0, 0.05) is 52.2 Å². The predicted octanol–water partition coefficient (Wildman–Crippen LogP) is 0.735. The molecule has 2 heterocycles. The number of hydrogen-bond acceptors (Lipinski definition) is 3. The quantitative estimate of drug-likeness (QED) is 0.770. The van der Waals surface area contributed by atoms with Crippen molar-refractivity contribution in [2.75, 3.05) is 39.3 Å². The summed E-state index contributed by atoms with van der Waals surface area (Å²) in [5, 5.41) is 0. The first-order valence-electron chi connectivity index (χ1n) is 8.02. The van der Waals surface area contributed by atoms with Crippen molar-refractivity contribution in [2.45, 2.75) is 19.4 Å². The van der Waals surface area contributed by atoms with Gasteiger partial charge in [-0.05, 0) is 17.5 Å². The zero-order chi connectivity index (χ0) is 15.4. The molecule has 2 amide bonds. The summed E-state index contributed by atoms with van der Waals surface area (Å²) in [6, 6.07) is 8.38. The molecule has 5 heteroatoms. The lowest BCUT2D eigenvalue weighted by atomic mass is 10.00. The van der Waals surface area contributed by atoms with E-state index in [1.54, 1.807) is 4.90 Å². The fourth-order valence-electron chi connectivity index (χ4n) is 3.21. The molecule has 1 fully saturated rings. The van der Waals surface area contributed by atoms with Gasteiger partial charge in [0.25, 0.3) is 0 Å². The highest BCUT2D eigenvalue weighted by Crippen LogP contribution is 2.19. The molecule has 0 saturated carbocycles. The van der Waals surface area contributed by atoms with Crippen LogP contribution < -0.4 is 0 Å². The van der Waals surface area contributed by atoms with Crippen LogP contribution in [0.4, 0.5) is 0 Å². The van der Waals surface area contributed by atoms with Crippen LogP contribution in [0, 0.1) is 0 Å². The second-order valence-corrected chi connectivity index (χ2v) is 6.07. The zero-order valence-corrected chi connectivity index (χ0v) is 12.9. The normalized spacial score (nSPS) is 18.9. The Morgan fingerprint density at radius 3 is 2.50 bits per heavy atom. The third-order valence-electron chi connectivity index (χ3n) is 4.68. The number of amides is 2. The topological polar surface area (TPSA) is 43.9 Å². The van der Waals surface area contributed by atoms with Crippen LogP contribution >= 0.6 is 0 Å². The SMILES string of the molecule is O=CN1CCN(CCC(=O)N2CCc3ccccc3C2)CC1. The molecule has 0 atom stereocenters. The van der Waals surface area contributed by atoms with E-state index in [-0.39, 0.29) is 5.91 Å². The molecule has 118 valence electrons. The third kappa shape index (κ3) is 3.47. The lowest BCUT2D eigenvalue weighted by Crippen LogP contribution is -2.47. The van der Waals surface area contributed by atoms with Gasteiger partial charge in [-0.2, -0.15) is 0 Å². The maximum Gasteiger partial charge on any atom is 0.224 e. The monoisotopic (exact) mass is 301 g/mol. The second kappa shape index (κ2) is 6.92. The van der Waals surface area contributed by atoms with Gasteiger partial charge in [-0.15, -0.1) is 0 Å². The molecule has 2 aliphatic heterocycles. The van der Waals surface area contributed by atoms with Crippen molar-refractivity contribution in [3.05, 3.63) is 35.4 Å². The van der Waals surface area contributed by atoms with E-state index in [9.17, 15) is 9.59 Å². The molecule has 2 aliphatic rings. The number of fused-ring (bicyclic) bond motifs is 1. The molecule has 0 spiro atoms. The largest absolute Gasteiger partial charge is 0.343 e. The van der Waals surface area contributed by atoms with Crippen LogP contribution in [0.5, 0.6) is 0 Å². The van der Waals surface area contributed by atoms with E-state index in [4.69, 9.17) is 0 Å². The molecule has 1 aromatic carbocycles. The number of carbonyl (C=O) groups excluding carboxylic acids is 2. The Morgan fingerprint density at radius 1 is 1.05 bits per heavy atom. The zero-order valence-electron chi connectivity index (χ0n) is 12.9. The Balaban J connectivity index is 1.46. The fourth-order valence-corrected chi connectivity index (χ4v) is 3.21. The molecule has 1 saturated heterocycles. The summed E-state index contributed by atoms with van der Waals surface area (Å²) in [4.78, 5) is 29.1. The molecular formula is C17H23N3O2. The number of benzene rings is 1. The van der Waals surface area contributed by atoms with Crippen molar-refractivity contribution >= 4 is 12.3 Å². The summed E-state index contributed by atoms with van der Waals surface area (Å²) in [6.45, 7) is 5.65. The molecule has 0 radical (unpaired) electrons. The summed E-state index contributed by atoms with van der Waals surface area (Å²) in [6.07, 6.45) is 2.44. The third-order valence-corrected chi connectivity index (χ3v) is 4.68. The number of piperazine rings is 1. The van der Waals surface area contributed by atoms with Gasteiger partial charge in [0.05, 0.1) is 0 Å². The maximum absolute atomic E-state index is 12.4. The van der Waals surface area contributed by atoms with Gasteiger partial charge in [-0.25, -0.2) is 0 Å². The maximum atomic E-state index is 12.4. The Bertz CT molecular complexity index is 538. The van der Waals surface area contributed by atoms with E-state index in [0.29, 0.717) is 6.42 Å². The van der Waals surface area contributed by atoms with Crippen molar-refractivity contribution in [3.8, 4) is 0 Å². The molecule has 5 nitrogen and oxygen atoms in total. The van der Waals surface area contributed by atoms with Crippen molar-refractivity contribution in [2.24, 2.45) is 0 Å². The highest BCUT2D eigenvalue weighted by Gasteiger charge is 2.21. The molecule has 3 rings (SSSR count). The van der Waals surface area contributed by atoms with Crippen LogP contribution in [-0.4, -0.2) is 66.3 Å². The Kier molecular flexibility index (Phi) is 4.73. The summed E-state index contributed by atoms with van der Waals surface area (Å²) >= 11 is 0. The smallest absolute Gasteiger partial charge is 0.224 e. The van der Waals surface area contributed by atoms with Crippen LogP contribution in [-0.2, 0) is 22.6 Å². The minimum Gasteiger partial charge on any atom is -0.343 e. The van der Waals surface area contributed by atoms with E-state index in [1.807, 2.05) is 11.0 Å². The lowest BCUT2D eigenvalue weighted by Gasteiger charge is -2.33. The average Bonchev–Trinajstić information content (AvgIpc) is 2.59. The van der Waals surface area contributed by atoms with Crippen LogP contribution in [0.25, 0.3) is 0 Å². The van der Waals surface area contributed by atoms with Crippen LogP contribution in [0.1, 0.15) is 17.5 Å². The highest BCUT2D eigenvalue weighted by atomic mass is 16.2. The predicted molar refractivity (Wildman–Crippen MR) is 84.3 cm³/mol. The second-order valence-electron chi connectivity index (χ2n) is 6.07. The number of rotatable bonds is 4. The number of hydrogen-bond donors (Lipinski definition) is 0. The van der Waals surface area contributed by atoms with Gasteiger partial charge in [-0.3, -0.25) is 14.5 Å². The van der Waals surface area contributed by atoms with Gasteiger partial charge in [0.1, 0.15) is 0 Å². The molecule has 1 aromatic rings. The van der Waals surface area contributed by atoms with Gasteiger partial charge < -0.3 is 9.80 Å². The van der Waals surface area contributed by atoms with Crippen LogP contribution in [0.15, 0.2) is 24.3 Å². The first-order valence-corrected chi connectivity index (χ1v) is 8.02. The fraction of sp³-hybridized carbons (Fsp3) is 0.529. The number of nitrogens with zero attached hydrogens (tertiary/aromatic N) is 3. The minimum atomic E-state index is 0.243. The standard InChI is InChI=1S/C17H23N3O2/c21-14-19-11-9-18(10-12-19)7-6-17(22)20-8-5-15-3-1-2-4-16(15)13-20/h1-4,14H,5-13H2. The molecule has 0 bridgehead atoms. The van der Waals surface area contributed by atoms with Crippen LogP contribution in [0.2, 0.25) is 0 Å². The van der Waals surface area contributed by atoms with Gasteiger partial charge in [0.2, 0.25) is 12.3 Å². The van der Waals surface area contributed by atoms with Crippen molar-refractivity contribution in [1.29, 1.82) is 0 Å². The minimum absolute atomic E-state index is 0.243.